The summed E-state index contributed by atoms with van der Waals surface area (Å²) in [6.07, 6.45) is 1.29. The largest absolute Gasteiger partial charge is 0.469 e. The molecular weight excluding hydrogens is 308 g/mol. The maximum absolute atomic E-state index is 12.3. The smallest absolute Gasteiger partial charge is 0.305 e. The highest BCUT2D eigenvalue weighted by Gasteiger charge is 2.22. The van der Waals surface area contributed by atoms with Gasteiger partial charge in [0.2, 0.25) is 5.91 Å². The van der Waals surface area contributed by atoms with E-state index in [1.54, 1.807) is 24.3 Å². The molecule has 0 radical (unpaired) electrons. The lowest BCUT2D eigenvalue weighted by Gasteiger charge is -2.20. The van der Waals surface area contributed by atoms with Crippen molar-refractivity contribution in [3.63, 3.8) is 0 Å². The molecule has 1 aromatic rings. The summed E-state index contributed by atoms with van der Waals surface area (Å²) in [7, 11) is 1.33. The van der Waals surface area contributed by atoms with Crippen LogP contribution in [0.5, 0.6) is 0 Å². The van der Waals surface area contributed by atoms with Crippen LogP contribution in [0.1, 0.15) is 43.5 Å². The highest BCUT2D eigenvalue weighted by Crippen LogP contribution is 2.07. The molecule has 0 saturated heterocycles. The summed E-state index contributed by atoms with van der Waals surface area (Å²) in [6, 6.07) is 8.19. The number of esters is 1. The van der Waals surface area contributed by atoms with Crippen molar-refractivity contribution in [1.29, 1.82) is 0 Å². The van der Waals surface area contributed by atoms with Gasteiger partial charge in [0.15, 0.2) is 0 Å². The molecule has 0 aliphatic rings. The van der Waals surface area contributed by atoms with Gasteiger partial charge in [0.1, 0.15) is 6.04 Å². The molecule has 1 aromatic carbocycles. The summed E-state index contributed by atoms with van der Waals surface area (Å²) in [4.78, 5) is 35.6. The number of rotatable bonds is 9. The SMILES string of the molecule is COC(=O)CCCNC(=O)[C@H](CC(C)C)NC(=O)c1ccccc1. The van der Waals surface area contributed by atoms with Crippen LogP contribution in [0.3, 0.4) is 0 Å². The average Bonchev–Trinajstić information content (AvgIpc) is 2.57. The third-order valence-electron chi connectivity index (χ3n) is 3.45. The minimum absolute atomic E-state index is 0.238. The average molecular weight is 334 g/mol. The quantitative estimate of drug-likeness (QED) is 0.533. The van der Waals surface area contributed by atoms with E-state index in [1.807, 2.05) is 19.9 Å². The van der Waals surface area contributed by atoms with Gasteiger partial charge in [-0.25, -0.2) is 0 Å². The Morgan fingerprint density at radius 3 is 2.38 bits per heavy atom. The number of amides is 2. The van der Waals surface area contributed by atoms with Crippen molar-refractivity contribution in [1.82, 2.24) is 10.6 Å². The van der Waals surface area contributed by atoms with E-state index >= 15 is 0 Å². The molecule has 0 spiro atoms. The lowest BCUT2D eigenvalue weighted by atomic mass is 10.0. The Bertz CT molecular complexity index is 543. The van der Waals surface area contributed by atoms with E-state index in [9.17, 15) is 14.4 Å². The Labute approximate surface area is 143 Å². The monoisotopic (exact) mass is 334 g/mol. The van der Waals surface area contributed by atoms with Gasteiger partial charge in [-0.1, -0.05) is 32.0 Å². The van der Waals surface area contributed by atoms with Gasteiger partial charge in [-0.05, 0) is 30.9 Å². The molecule has 0 aliphatic carbocycles. The Morgan fingerprint density at radius 1 is 1.12 bits per heavy atom. The van der Waals surface area contributed by atoms with Gasteiger partial charge in [-0.2, -0.15) is 0 Å². The molecule has 24 heavy (non-hydrogen) atoms. The third kappa shape index (κ3) is 7.26. The van der Waals surface area contributed by atoms with E-state index in [2.05, 4.69) is 15.4 Å². The normalized spacial score (nSPS) is 11.7. The molecule has 1 rings (SSSR count). The second-order valence-corrected chi connectivity index (χ2v) is 5.99. The van der Waals surface area contributed by atoms with Crippen molar-refractivity contribution in [2.45, 2.75) is 39.2 Å². The molecule has 0 aromatic heterocycles. The van der Waals surface area contributed by atoms with Crippen molar-refractivity contribution in [3.05, 3.63) is 35.9 Å². The molecular formula is C18H26N2O4. The van der Waals surface area contributed by atoms with Gasteiger partial charge >= 0.3 is 5.97 Å². The minimum Gasteiger partial charge on any atom is -0.469 e. The molecule has 1 atom stereocenters. The first kappa shape index (κ1) is 19.7. The number of ether oxygens (including phenoxy) is 1. The minimum atomic E-state index is -0.601. The first-order valence-electron chi connectivity index (χ1n) is 8.14. The topological polar surface area (TPSA) is 84.5 Å². The van der Waals surface area contributed by atoms with Crippen molar-refractivity contribution in [2.75, 3.05) is 13.7 Å². The number of carbonyl (C=O) groups excluding carboxylic acids is 3. The summed E-state index contributed by atoms with van der Waals surface area (Å²) in [5, 5.41) is 5.55. The second kappa shape index (κ2) is 10.4. The summed E-state index contributed by atoms with van der Waals surface area (Å²) in [6.45, 7) is 4.35. The van der Waals surface area contributed by atoms with Gasteiger partial charge in [-0.3, -0.25) is 14.4 Å². The lowest BCUT2D eigenvalue weighted by Crippen LogP contribution is -2.47. The Balaban J connectivity index is 2.56. The number of methoxy groups -OCH3 is 1. The van der Waals surface area contributed by atoms with E-state index < -0.39 is 6.04 Å². The molecule has 0 heterocycles. The van der Waals surface area contributed by atoms with Crippen LogP contribution in [0.25, 0.3) is 0 Å². The zero-order valence-corrected chi connectivity index (χ0v) is 14.5. The fourth-order valence-corrected chi connectivity index (χ4v) is 2.20. The Hall–Kier alpha value is -2.37. The van der Waals surface area contributed by atoms with Gasteiger partial charge in [0.05, 0.1) is 7.11 Å². The molecule has 0 saturated carbocycles. The van der Waals surface area contributed by atoms with Crippen LogP contribution in [0, 0.1) is 5.92 Å². The third-order valence-corrected chi connectivity index (χ3v) is 3.45. The van der Waals surface area contributed by atoms with E-state index in [-0.39, 0.29) is 30.1 Å². The maximum Gasteiger partial charge on any atom is 0.305 e. The zero-order valence-electron chi connectivity index (χ0n) is 14.5. The maximum atomic E-state index is 12.3. The van der Waals surface area contributed by atoms with E-state index in [1.165, 1.54) is 7.11 Å². The Kier molecular flexibility index (Phi) is 8.54. The van der Waals surface area contributed by atoms with Crippen LogP contribution in [-0.2, 0) is 14.3 Å². The fourth-order valence-electron chi connectivity index (χ4n) is 2.20. The number of benzene rings is 1. The van der Waals surface area contributed by atoms with Crippen molar-refractivity contribution in [3.8, 4) is 0 Å². The zero-order chi connectivity index (χ0) is 17.9. The van der Waals surface area contributed by atoms with Gasteiger partial charge in [0.25, 0.3) is 5.91 Å². The van der Waals surface area contributed by atoms with Gasteiger partial charge < -0.3 is 15.4 Å². The van der Waals surface area contributed by atoms with Crippen LogP contribution in [-0.4, -0.2) is 37.5 Å². The summed E-state index contributed by atoms with van der Waals surface area (Å²) in [5.41, 5.74) is 0.518. The predicted octanol–water partition coefficient (Wildman–Crippen LogP) is 1.90. The predicted molar refractivity (Wildman–Crippen MR) is 91.4 cm³/mol. The second-order valence-electron chi connectivity index (χ2n) is 5.99. The molecule has 0 unspecified atom stereocenters. The standard InChI is InChI=1S/C18H26N2O4/c1-13(2)12-15(18(23)19-11-7-10-16(21)24-3)20-17(22)14-8-5-4-6-9-14/h4-6,8-9,13,15H,7,10-12H2,1-3H3,(H,19,23)(H,20,22)/t15-/m0/s1. The number of carbonyl (C=O) groups is 3. The van der Waals surface area contributed by atoms with Crippen LogP contribution in [0.15, 0.2) is 30.3 Å². The number of hydrogen-bond donors (Lipinski definition) is 2. The molecule has 0 aliphatic heterocycles. The summed E-state index contributed by atoms with van der Waals surface area (Å²) in [5.74, 6) is -0.559. The first-order valence-corrected chi connectivity index (χ1v) is 8.14. The number of hydrogen-bond acceptors (Lipinski definition) is 4. The van der Waals surface area contributed by atoms with Gasteiger partial charge in [0, 0.05) is 18.5 Å². The molecule has 6 nitrogen and oxygen atoms in total. The molecule has 6 heteroatoms. The van der Waals surface area contributed by atoms with Crippen LogP contribution in [0.2, 0.25) is 0 Å². The van der Waals surface area contributed by atoms with Crippen LogP contribution < -0.4 is 10.6 Å². The highest BCUT2D eigenvalue weighted by molar-refractivity contribution is 5.97. The van der Waals surface area contributed by atoms with Crippen LogP contribution in [0.4, 0.5) is 0 Å². The molecule has 132 valence electrons. The summed E-state index contributed by atoms with van der Waals surface area (Å²) >= 11 is 0. The highest BCUT2D eigenvalue weighted by atomic mass is 16.5. The van der Waals surface area contributed by atoms with E-state index in [0.717, 1.165) is 0 Å². The molecule has 2 N–H and O–H groups in total. The van der Waals surface area contributed by atoms with E-state index in [0.29, 0.717) is 24.9 Å². The molecule has 0 bridgehead atoms. The Morgan fingerprint density at radius 2 is 1.79 bits per heavy atom. The lowest BCUT2D eigenvalue weighted by molar-refractivity contribution is -0.140. The first-order chi connectivity index (χ1) is 11.4. The van der Waals surface area contributed by atoms with Gasteiger partial charge in [-0.15, -0.1) is 0 Å². The summed E-state index contributed by atoms with van der Waals surface area (Å²) < 4.78 is 4.55. The molecule has 2 amide bonds. The van der Waals surface area contributed by atoms with Crippen LogP contribution >= 0.6 is 0 Å². The van der Waals surface area contributed by atoms with Crippen molar-refractivity contribution in [2.24, 2.45) is 5.92 Å². The number of nitrogens with one attached hydrogen (secondary N) is 2. The van der Waals surface area contributed by atoms with Crippen molar-refractivity contribution < 1.29 is 19.1 Å². The van der Waals surface area contributed by atoms with E-state index in [4.69, 9.17) is 0 Å². The van der Waals surface area contributed by atoms with Crippen molar-refractivity contribution >= 4 is 17.8 Å². The fraction of sp³-hybridized carbons (Fsp3) is 0.500. The molecule has 0 fully saturated rings.